The molecule has 0 radical (unpaired) electrons. The molecule has 0 saturated carbocycles. The average Bonchev–Trinajstić information content (AvgIpc) is 2.85. The van der Waals surface area contributed by atoms with Crippen LogP contribution < -0.4 is 0 Å². The van der Waals surface area contributed by atoms with E-state index in [9.17, 15) is 13.2 Å². The second-order valence-corrected chi connectivity index (χ2v) is 4.31. The summed E-state index contributed by atoms with van der Waals surface area (Å²) in [4.78, 5) is 4.10. The van der Waals surface area contributed by atoms with E-state index in [1.807, 2.05) is 6.92 Å². The SMILES string of the molecule is CCc1nccn1-c1ccc(CCl)c(C(F)(F)F)c1. The number of aromatic nitrogens is 2. The van der Waals surface area contributed by atoms with Crippen LogP contribution in [-0.4, -0.2) is 9.55 Å². The maximum Gasteiger partial charge on any atom is 0.416 e. The molecule has 2 nitrogen and oxygen atoms in total. The third-order valence-electron chi connectivity index (χ3n) is 2.85. The molecule has 1 heterocycles. The Labute approximate surface area is 113 Å². The van der Waals surface area contributed by atoms with Crippen LogP contribution in [0.1, 0.15) is 23.9 Å². The molecule has 0 unspecified atom stereocenters. The molecule has 0 amide bonds. The van der Waals surface area contributed by atoms with E-state index < -0.39 is 11.7 Å². The van der Waals surface area contributed by atoms with Crippen molar-refractivity contribution >= 4 is 11.6 Å². The number of imidazole rings is 1. The summed E-state index contributed by atoms with van der Waals surface area (Å²) in [5.74, 6) is 0.548. The summed E-state index contributed by atoms with van der Waals surface area (Å²) in [6, 6.07) is 4.14. The Kier molecular flexibility index (Phi) is 3.85. The molecule has 2 aromatic rings. The first-order valence-corrected chi connectivity index (χ1v) is 6.29. The lowest BCUT2D eigenvalue weighted by Gasteiger charge is -2.14. The molecule has 0 N–H and O–H groups in total. The zero-order chi connectivity index (χ0) is 14.0. The Bertz CT molecular complexity index is 576. The van der Waals surface area contributed by atoms with Crippen molar-refractivity contribution in [3.8, 4) is 5.69 Å². The lowest BCUT2D eigenvalue weighted by molar-refractivity contribution is -0.138. The summed E-state index contributed by atoms with van der Waals surface area (Å²) in [5, 5.41) is 0. The normalized spacial score (nSPS) is 11.8. The van der Waals surface area contributed by atoms with Crippen LogP contribution >= 0.6 is 11.6 Å². The second kappa shape index (κ2) is 5.25. The average molecular weight is 289 g/mol. The lowest BCUT2D eigenvalue weighted by atomic mass is 10.1. The Morgan fingerprint density at radius 1 is 1.32 bits per heavy atom. The van der Waals surface area contributed by atoms with Gasteiger partial charge in [0.2, 0.25) is 0 Å². The Morgan fingerprint density at radius 2 is 2.05 bits per heavy atom. The van der Waals surface area contributed by atoms with Crippen molar-refractivity contribution in [2.45, 2.75) is 25.4 Å². The molecular weight excluding hydrogens is 277 g/mol. The number of aryl methyl sites for hydroxylation is 1. The second-order valence-electron chi connectivity index (χ2n) is 4.04. The highest BCUT2D eigenvalue weighted by atomic mass is 35.5. The minimum atomic E-state index is -4.41. The van der Waals surface area contributed by atoms with Gasteiger partial charge in [0.1, 0.15) is 5.82 Å². The van der Waals surface area contributed by atoms with Gasteiger partial charge in [-0.1, -0.05) is 13.0 Å². The highest BCUT2D eigenvalue weighted by Gasteiger charge is 2.33. The van der Waals surface area contributed by atoms with Crippen LogP contribution in [0.3, 0.4) is 0 Å². The van der Waals surface area contributed by atoms with Gasteiger partial charge in [-0.2, -0.15) is 13.2 Å². The van der Waals surface area contributed by atoms with Crippen LogP contribution in [-0.2, 0) is 18.5 Å². The number of benzene rings is 1. The third-order valence-corrected chi connectivity index (χ3v) is 3.14. The van der Waals surface area contributed by atoms with Crippen molar-refractivity contribution in [3.63, 3.8) is 0 Å². The van der Waals surface area contributed by atoms with Crippen molar-refractivity contribution in [2.24, 2.45) is 0 Å². The fourth-order valence-corrected chi connectivity index (χ4v) is 2.16. The van der Waals surface area contributed by atoms with E-state index in [2.05, 4.69) is 4.98 Å². The maximum absolute atomic E-state index is 13.0. The van der Waals surface area contributed by atoms with E-state index >= 15 is 0 Å². The van der Waals surface area contributed by atoms with Crippen molar-refractivity contribution < 1.29 is 13.2 Å². The molecule has 6 heteroatoms. The van der Waals surface area contributed by atoms with Gasteiger partial charge in [-0.25, -0.2) is 4.98 Å². The molecule has 0 bridgehead atoms. The first-order chi connectivity index (χ1) is 8.97. The quantitative estimate of drug-likeness (QED) is 0.774. The highest BCUT2D eigenvalue weighted by Crippen LogP contribution is 2.34. The highest BCUT2D eigenvalue weighted by molar-refractivity contribution is 6.17. The monoisotopic (exact) mass is 288 g/mol. The predicted molar refractivity (Wildman–Crippen MR) is 67.5 cm³/mol. The number of hydrogen-bond acceptors (Lipinski definition) is 1. The Morgan fingerprint density at radius 3 is 2.63 bits per heavy atom. The van der Waals surface area contributed by atoms with Crippen LogP contribution in [0.4, 0.5) is 13.2 Å². The third kappa shape index (κ3) is 2.76. The van der Waals surface area contributed by atoms with Gasteiger partial charge in [0.25, 0.3) is 0 Å². The molecule has 0 aliphatic carbocycles. The van der Waals surface area contributed by atoms with Gasteiger partial charge in [-0.3, -0.25) is 0 Å². The van der Waals surface area contributed by atoms with E-state index in [0.717, 1.165) is 6.07 Å². The smallest absolute Gasteiger partial charge is 0.304 e. The van der Waals surface area contributed by atoms with Gasteiger partial charge < -0.3 is 4.57 Å². The molecule has 1 aromatic heterocycles. The maximum atomic E-state index is 13.0. The molecule has 0 atom stereocenters. The fourth-order valence-electron chi connectivity index (χ4n) is 1.93. The van der Waals surface area contributed by atoms with Crippen LogP contribution in [0, 0.1) is 0 Å². The molecule has 102 valence electrons. The summed E-state index contributed by atoms with van der Waals surface area (Å²) in [6.45, 7) is 1.90. The first-order valence-electron chi connectivity index (χ1n) is 5.76. The zero-order valence-corrected chi connectivity index (χ0v) is 11.0. The van der Waals surface area contributed by atoms with Gasteiger partial charge in [0, 0.05) is 30.4 Å². The van der Waals surface area contributed by atoms with Gasteiger partial charge in [0.05, 0.1) is 5.56 Å². The van der Waals surface area contributed by atoms with Crippen LogP contribution in [0.25, 0.3) is 5.69 Å². The van der Waals surface area contributed by atoms with E-state index in [4.69, 9.17) is 11.6 Å². The van der Waals surface area contributed by atoms with Crippen LogP contribution in [0.5, 0.6) is 0 Å². The number of alkyl halides is 4. The van der Waals surface area contributed by atoms with Crippen LogP contribution in [0.15, 0.2) is 30.6 Å². The van der Waals surface area contributed by atoms with Gasteiger partial charge >= 0.3 is 6.18 Å². The topological polar surface area (TPSA) is 17.8 Å². The Hall–Kier alpha value is -1.49. The number of hydrogen-bond donors (Lipinski definition) is 0. The molecular formula is C13H12ClF3N2. The summed E-state index contributed by atoms with van der Waals surface area (Å²) < 4.78 is 40.5. The summed E-state index contributed by atoms with van der Waals surface area (Å²) in [5.41, 5.74) is -0.178. The molecule has 1 aromatic carbocycles. The number of rotatable bonds is 3. The predicted octanol–water partition coefficient (Wildman–Crippen LogP) is 4.19. The molecule has 0 fully saturated rings. The zero-order valence-electron chi connectivity index (χ0n) is 10.2. The molecule has 0 saturated heterocycles. The van der Waals surface area contributed by atoms with Crippen molar-refractivity contribution in [1.29, 1.82) is 0 Å². The molecule has 19 heavy (non-hydrogen) atoms. The van der Waals surface area contributed by atoms with Crippen LogP contribution in [0.2, 0.25) is 0 Å². The summed E-state index contributed by atoms with van der Waals surface area (Å²) in [6.07, 6.45) is -0.547. The van der Waals surface area contributed by atoms with Crippen molar-refractivity contribution in [2.75, 3.05) is 0 Å². The Balaban J connectivity index is 2.55. The summed E-state index contributed by atoms with van der Waals surface area (Å²) in [7, 11) is 0. The van der Waals surface area contributed by atoms with Crippen molar-refractivity contribution in [1.82, 2.24) is 9.55 Å². The number of halogens is 4. The van der Waals surface area contributed by atoms with E-state index in [1.54, 1.807) is 23.0 Å². The van der Waals surface area contributed by atoms with E-state index in [0.29, 0.717) is 17.9 Å². The minimum absolute atomic E-state index is 0.0797. The van der Waals surface area contributed by atoms with E-state index in [-0.39, 0.29) is 11.4 Å². The summed E-state index contributed by atoms with van der Waals surface area (Å²) >= 11 is 5.55. The molecule has 2 rings (SSSR count). The fraction of sp³-hybridized carbons (Fsp3) is 0.308. The lowest BCUT2D eigenvalue weighted by Crippen LogP contribution is -2.10. The molecule has 0 aliphatic rings. The van der Waals surface area contributed by atoms with Gasteiger partial charge in [-0.15, -0.1) is 11.6 Å². The largest absolute Gasteiger partial charge is 0.416 e. The minimum Gasteiger partial charge on any atom is -0.304 e. The molecule has 0 spiro atoms. The van der Waals surface area contributed by atoms with Gasteiger partial charge in [0.15, 0.2) is 0 Å². The van der Waals surface area contributed by atoms with E-state index in [1.165, 1.54) is 6.07 Å². The first kappa shape index (κ1) is 13.9. The standard InChI is InChI=1S/C13H12ClF3N2/c1-2-12-18-5-6-19(12)10-4-3-9(8-14)11(7-10)13(15,16)17/h3-7H,2,8H2,1H3. The number of nitrogens with zero attached hydrogens (tertiary/aromatic N) is 2. The van der Waals surface area contributed by atoms with Gasteiger partial charge in [-0.05, 0) is 17.7 Å². The van der Waals surface area contributed by atoms with Crippen molar-refractivity contribution in [3.05, 3.63) is 47.5 Å². The molecule has 0 aliphatic heterocycles.